The lowest BCUT2D eigenvalue weighted by Crippen LogP contribution is -2.17. The molecule has 1 aromatic heterocycles. The number of hydrogen-bond donors (Lipinski definition) is 2. The van der Waals surface area contributed by atoms with E-state index in [-0.39, 0.29) is 6.04 Å². The summed E-state index contributed by atoms with van der Waals surface area (Å²) in [5.41, 5.74) is 0.935. The Morgan fingerprint density at radius 3 is 2.71 bits per heavy atom. The van der Waals surface area contributed by atoms with Crippen LogP contribution in [0.15, 0.2) is 52.3 Å². The van der Waals surface area contributed by atoms with E-state index in [0.29, 0.717) is 5.75 Å². The number of benzene rings is 2. The molecular weight excluding hydrogens is 346 g/mol. The molecule has 4 heteroatoms. The number of phenols is 1. The molecule has 0 aliphatic carbocycles. The first-order valence-corrected chi connectivity index (χ1v) is 8.44. The van der Waals surface area contributed by atoms with Crippen LogP contribution < -0.4 is 5.32 Å². The minimum absolute atomic E-state index is 0.0930. The molecule has 0 radical (unpaired) electrons. The second kappa shape index (κ2) is 6.18. The van der Waals surface area contributed by atoms with Crippen molar-refractivity contribution in [3.63, 3.8) is 0 Å². The van der Waals surface area contributed by atoms with Gasteiger partial charge in [-0.3, -0.25) is 0 Å². The van der Waals surface area contributed by atoms with Gasteiger partial charge < -0.3 is 10.4 Å². The van der Waals surface area contributed by atoms with Gasteiger partial charge >= 0.3 is 0 Å². The maximum absolute atomic E-state index is 10.5. The Labute approximate surface area is 136 Å². The van der Waals surface area contributed by atoms with Crippen molar-refractivity contribution in [1.29, 1.82) is 0 Å². The van der Waals surface area contributed by atoms with E-state index in [2.05, 4.69) is 46.4 Å². The van der Waals surface area contributed by atoms with E-state index in [4.69, 9.17) is 0 Å². The van der Waals surface area contributed by atoms with Gasteiger partial charge in [-0.2, -0.15) is 0 Å². The summed E-state index contributed by atoms with van der Waals surface area (Å²) in [5.74, 6) is 0.375. The van der Waals surface area contributed by atoms with Crippen LogP contribution in [0, 0.1) is 0 Å². The van der Waals surface area contributed by atoms with Crippen molar-refractivity contribution in [2.45, 2.75) is 19.5 Å². The van der Waals surface area contributed by atoms with Crippen LogP contribution in [0.25, 0.3) is 10.8 Å². The highest BCUT2D eigenvalue weighted by Gasteiger charge is 2.12. The lowest BCUT2D eigenvalue weighted by atomic mass is 10.0. The first-order valence-electron chi connectivity index (χ1n) is 6.83. The number of aromatic hydroxyl groups is 1. The summed E-state index contributed by atoms with van der Waals surface area (Å²) in [7, 11) is 0. The Morgan fingerprint density at radius 1 is 1.14 bits per heavy atom. The van der Waals surface area contributed by atoms with Crippen LogP contribution in [0.4, 0.5) is 0 Å². The standard InChI is InChI=1S/C17H16BrNOS/c1-11(19-10-13-7-9-16(18)21-13)14-8-6-12-4-2-3-5-15(12)17(14)20/h2-9,11,19-20H,10H2,1H3. The summed E-state index contributed by atoms with van der Waals surface area (Å²) in [6, 6.07) is 16.2. The normalized spacial score (nSPS) is 12.7. The predicted molar refractivity (Wildman–Crippen MR) is 92.9 cm³/mol. The zero-order valence-electron chi connectivity index (χ0n) is 11.6. The highest BCUT2D eigenvalue weighted by molar-refractivity contribution is 9.11. The number of rotatable bonds is 4. The van der Waals surface area contributed by atoms with Crippen LogP contribution in [0.1, 0.15) is 23.4 Å². The minimum Gasteiger partial charge on any atom is -0.507 e. The molecular formula is C17H16BrNOS. The predicted octanol–water partition coefficient (Wildman–Crippen LogP) is 5.22. The molecule has 1 heterocycles. The molecule has 1 unspecified atom stereocenters. The third kappa shape index (κ3) is 3.12. The van der Waals surface area contributed by atoms with Gasteiger partial charge in [0, 0.05) is 28.4 Å². The average molecular weight is 362 g/mol. The van der Waals surface area contributed by atoms with Crippen molar-refractivity contribution in [1.82, 2.24) is 5.32 Å². The van der Waals surface area contributed by atoms with E-state index in [1.807, 2.05) is 30.3 Å². The van der Waals surface area contributed by atoms with Crippen molar-refractivity contribution in [2.75, 3.05) is 0 Å². The van der Waals surface area contributed by atoms with Crippen LogP contribution in [0.3, 0.4) is 0 Å². The lowest BCUT2D eigenvalue weighted by Gasteiger charge is -2.16. The third-order valence-corrected chi connectivity index (χ3v) is 5.23. The van der Waals surface area contributed by atoms with Gasteiger partial charge in [0.2, 0.25) is 0 Å². The van der Waals surface area contributed by atoms with Crippen LogP contribution in [-0.2, 0) is 6.54 Å². The van der Waals surface area contributed by atoms with E-state index in [1.165, 1.54) is 4.88 Å². The second-order valence-corrected chi connectivity index (χ2v) is 7.58. The molecule has 2 nitrogen and oxygen atoms in total. The molecule has 0 bridgehead atoms. The molecule has 0 aliphatic rings. The van der Waals surface area contributed by atoms with Gasteiger partial charge in [0.1, 0.15) is 5.75 Å². The number of halogens is 1. The van der Waals surface area contributed by atoms with Crippen LogP contribution in [0.5, 0.6) is 5.75 Å². The summed E-state index contributed by atoms with van der Waals surface area (Å²) in [5, 5.41) is 15.9. The Balaban J connectivity index is 1.81. The fourth-order valence-electron chi connectivity index (χ4n) is 2.43. The van der Waals surface area contributed by atoms with Gasteiger partial charge in [-0.25, -0.2) is 0 Å². The van der Waals surface area contributed by atoms with E-state index in [9.17, 15) is 5.11 Å². The zero-order chi connectivity index (χ0) is 14.8. The van der Waals surface area contributed by atoms with Crippen LogP contribution >= 0.6 is 27.3 Å². The molecule has 0 amide bonds. The summed E-state index contributed by atoms with van der Waals surface area (Å²) < 4.78 is 1.14. The first kappa shape index (κ1) is 14.6. The third-order valence-electron chi connectivity index (χ3n) is 3.61. The Bertz CT molecular complexity index is 768. The smallest absolute Gasteiger partial charge is 0.128 e. The molecule has 0 spiro atoms. The SMILES string of the molecule is CC(NCc1ccc(Br)s1)c1ccc2ccccc2c1O. The minimum atomic E-state index is 0.0930. The maximum atomic E-state index is 10.5. The van der Waals surface area contributed by atoms with Gasteiger partial charge in [-0.15, -0.1) is 11.3 Å². The molecule has 0 saturated carbocycles. The quantitative estimate of drug-likeness (QED) is 0.667. The van der Waals surface area contributed by atoms with Crippen LogP contribution in [0.2, 0.25) is 0 Å². The first-order chi connectivity index (χ1) is 10.1. The van der Waals surface area contributed by atoms with Crippen molar-refractivity contribution in [3.8, 4) is 5.75 Å². The Morgan fingerprint density at radius 2 is 1.95 bits per heavy atom. The van der Waals surface area contributed by atoms with Crippen molar-refractivity contribution >= 4 is 38.0 Å². The zero-order valence-corrected chi connectivity index (χ0v) is 14.0. The molecule has 0 aliphatic heterocycles. The number of phenolic OH excluding ortho intramolecular Hbond substituents is 1. The molecule has 2 N–H and O–H groups in total. The number of nitrogens with one attached hydrogen (secondary N) is 1. The van der Waals surface area contributed by atoms with Gasteiger partial charge in [0.15, 0.2) is 0 Å². The molecule has 108 valence electrons. The Kier molecular flexibility index (Phi) is 4.29. The van der Waals surface area contributed by atoms with Gasteiger partial charge in [0.05, 0.1) is 3.79 Å². The molecule has 2 aromatic carbocycles. The summed E-state index contributed by atoms with van der Waals surface area (Å²) in [4.78, 5) is 1.27. The molecule has 1 atom stereocenters. The van der Waals surface area contributed by atoms with Crippen molar-refractivity contribution < 1.29 is 5.11 Å². The summed E-state index contributed by atoms with van der Waals surface area (Å²) >= 11 is 5.20. The Hall–Kier alpha value is -1.36. The van der Waals surface area contributed by atoms with Crippen LogP contribution in [-0.4, -0.2) is 5.11 Å². The van der Waals surface area contributed by atoms with E-state index in [0.717, 1.165) is 26.7 Å². The van der Waals surface area contributed by atoms with Crippen molar-refractivity contribution in [2.24, 2.45) is 0 Å². The summed E-state index contributed by atoms with van der Waals surface area (Å²) in [6.45, 7) is 2.87. The van der Waals surface area contributed by atoms with Crippen molar-refractivity contribution in [3.05, 3.63) is 62.8 Å². The fourth-order valence-corrected chi connectivity index (χ4v) is 3.87. The van der Waals surface area contributed by atoms with E-state index < -0.39 is 0 Å². The number of thiophene rings is 1. The number of fused-ring (bicyclic) bond motifs is 1. The lowest BCUT2D eigenvalue weighted by molar-refractivity contribution is 0.459. The molecule has 3 aromatic rings. The molecule has 0 saturated heterocycles. The second-order valence-electron chi connectivity index (χ2n) is 5.03. The highest BCUT2D eigenvalue weighted by atomic mass is 79.9. The average Bonchev–Trinajstić information content (AvgIpc) is 2.91. The largest absolute Gasteiger partial charge is 0.507 e. The monoisotopic (exact) mass is 361 g/mol. The highest BCUT2D eigenvalue weighted by Crippen LogP contribution is 2.32. The molecule has 21 heavy (non-hydrogen) atoms. The fraction of sp³-hybridized carbons (Fsp3) is 0.176. The maximum Gasteiger partial charge on any atom is 0.128 e. The topological polar surface area (TPSA) is 32.3 Å². The van der Waals surface area contributed by atoms with Gasteiger partial charge in [-0.05, 0) is 40.4 Å². The van der Waals surface area contributed by atoms with E-state index >= 15 is 0 Å². The molecule has 3 rings (SSSR count). The van der Waals surface area contributed by atoms with E-state index in [1.54, 1.807) is 11.3 Å². The number of hydrogen-bond acceptors (Lipinski definition) is 3. The molecule has 0 fully saturated rings. The van der Waals surface area contributed by atoms with Gasteiger partial charge in [-0.1, -0.05) is 36.4 Å². The van der Waals surface area contributed by atoms with Gasteiger partial charge in [0.25, 0.3) is 0 Å². The summed E-state index contributed by atoms with van der Waals surface area (Å²) in [6.07, 6.45) is 0.